The molecular weight excluding hydrogens is 290 g/mol. The normalized spacial score (nSPS) is 20.2. The van der Waals surface area contributed by atoms with Gasteiger partial charge in [0.15, 0.2) is 0 Å². The third-order valence-corrected chi connectivity index (χ3v) is 4.30. The fourth-order valence-electron chi connectivity index (χ4n) is 2.98. The number of amides is 2. The molecule has 2 heterocycles. The summed E-state index contributed by atoms with van der Waals surface area (Å²) in [5, 5.41) is 5.40. The van der Waals surface area contributed by atoms with Crippen molar-refractivity contribution in [1.29, 1.82) is 0 Å². The van der Waals surface area contributed by atoms with Crippen LogP contribution < -0.4 is 10.6 Å². The van der Waals surface area contributed by atoms with Crippen molar-refractivity contribution in [2.75, 3.05) is 19.6 Å². The van der Waals surface area contributed by atoms with Crippen LogP contribution in [0.3, 0.4) is 0 Å². The predicted molar refractivity (Wildman–Crippen MR) is 87.4 cm³/mol. The van der Waals surface area contributed by atoms with E-state index in [2.05, 4.69) is 51.6 Å². The highest BCUT2D eigenvalue weighted by atomic mass is 16.2. The van der Waals surface area contributed by atoms with E-state index >= 15 is 0 Å². The fourth-order valence-corrected chi connectivity index (χ4v) is 2.98. The van der Waals surface area contributed by atoms with E-state index in [0.717, 1.165) is 19.5 Å². The first-order valence-corrected chi connectivity index (χ1v) is 8.04. The lowest BCUT2D eigenvalue weighted by Crippen LogP contribution is -2.41. The molecule has 5 heteroatoms. The van der Waals surface area contributed by atoms with E-state index < -0.39 is 0 Å². The Balaban J connectivity index is 1.39. The molecule has 0 radical (unpaired) electrons. The summed E-state index contributed by atoms with van der Waals surface area (Å²) < 4.78 is 0. The van der Waals surface area contributed by atoms with Crippen LogP contribution in [-0.4, -0.2) is 42.4 Å². The number of nitrogens with one attached hydrogen (secondary N) is 2. The van der Waals surface area contributed by atoms with Crippen molar-refractivity contribution in [3.05, 3.63) is 35.4 Å². The molecule has 1 saturated heterocycles. The van der Waals surface area contributed by atoms with E-state index in [1.807, 2.05) is 0 Å². The smallest absolute Gasteiger partial charge is 0.243 e. The second-order valence-corrected chi connectivity index (χ2v) is 5.96. The van der Waals surface area contributed by atoms with Crippen molar-refractivity contribution >= 4 is 11.8 Å². The monoisotopic (exact) mass is 311 g/mol. The van der Waals surface area contributed by atoms with Crippen molar-refractivity contribution in [3.63, 3.8) is 0 Å². The summed E-state index contributed by atoms with van der Waals surface area (Å²) in [6, 6.07) is 8.14. The standard InChI is InChI=1S/C18H21N3O2/c22-17-8-7-16(20-17)18(23)19-10-3-4-11-21-12-9-14-5-1-2-6-15(14)13-21/h1-2,5-6,16H,7-13H2,(H,19,23)(H,20,22)/t16-/m1/s1. The average Bonchev–Trinajstić information content (AvgIpc) is 3.01. The Kier molecular flexibility index (Phi) is 4.94. The van der Waals surface area contributed by atoms with Gasteiger partial charge in [-0.15, -0.1) is 0 Å². The largest absolute Gasteiger partial charge is 0.344 e. The zero-order valence-electron chi connectivity index (χ0n) is 13.1. The summed E-state index contributed by atoms with van der Waals surface area (Å²) in [5.41, 5.74) is 2.81. The summed E-state index contributed by atoms with van der Waals surface area (Å²) in [5.74, 6) is 5.90. The fraction of sp³-hybridized carbons (Fsp3) is 0.444. The highest BCUT2D eigenvalue weighted by Crippen LogP contribution is 2.17. The van der Waals surface area contributed by atoms with Gasteiger partial charge in [0.2, 0.25) is 11.8 Å². The Morgan fingerprint density at radius 3 is 2.87 bits per heavy atom. The molecule has 2 amide bonds. The molecule has 0 spiro atoms. The third kappa shape index (κ3) is 4.11. The summed E-state index contributed by atoms with van der Waals surface area (Å²) in [6.45, 7) is 3.00. The number of carbonyl (C=O) groups excluding carboxylic acids is 2. The number of hydrogen-bond donors (Lipinski definition) is 2. The molecular formula is C18H21N3O2. The maximum Gasteiger partial charge on any atom is 0.243 e. The number of nitrogens with zero attached hydrogens (tertiary/aromatic N) is 1. The van der Waals surface area contributed by atoms with Crippen molar-refractivity contribution in [1.82, 2.24) is 15.5 Å². The molecule has 0 saturated carbocycles. The molecule has 1 atom stereocenters. The van der Waals surface area contributed by atoms with Gasteiger partial charge in [-0.25, -0.2) is 0 Å². The molecule has 1 aromatic carbocycles. The molecule has 1 fully saturated rings. The van der Waals surface area contributed by atoms with Crippen LogP contribution >= 0.6 is 0 Å². The summed E-state index contributed by atoms with van der Waals surface area (Å²) in [4.78, 5) is 25.2. The van der Waals surface area contributed by atoms with Crippen LogP contribution in [0.2, 0.25) is 0 Å². The number of fused-ring (bicyclic) bond motifs is 1. The second-order valence-electron chi connectivity index (χ2n) is 5.96. The Morgan fingerprint density at radius 1 is 1.26 bits per heavy atom. The van der Waals surface area contributed by atoms with Gasteiger partial charge >= 0.3 is 0 Å². The van der Waals surface area contributed by atoms with E-state index in [-0.39, 0.29) is 17.9 Å². The van der Waals surface area contributed by atoms with E-state index in [1.165, 1.54) is 11.1 Å². The Hall–Kier alpha value is -2.32. The number of carbonyl (C=O) groups is 2. The highest BCUT2D eigenvalue weighted by Gasteiger charge is 2.26. The second kappa shape index (κ2) is 7.30. The molecule has 0 unspecified atom stereocenters. The first-order valence-electron chi connectivity index (χ1n) is 8.04. The molecule has 3 rings (SSSR count). The highest BCUT2D eigenvalue weighted by molar-refractivity contribution is 5.90. The summed E-state index contributed by atoms with van der Waals surface area (Å²) in [7, 11) is 0. The molecule has 1 aromatic rings. The Labute approximate surface area is 136 Å². The molecule has 0 aromatic heterocycles. The van der Waals surface area contributed by atoms with Gasteiger partial charge in [-0.05, 0) is 24.0 Å². The molecule has 2 aliphatic heterocycles. The van der Waals surface area contributed by atoms with Crippen LogP contribution in [0.4, 0.5) is 0 Å². The zero-order chi connectivity index (χ0) is 16.1. The molecule has 0 aliphatic carbocycles. The molecule has 5 nitrogen and oxygen atoms in total. The maximum absolute atomic E-state index is 11.8. The number of hydrogen-bond acceptors (Lipinski definition) is 3. The first-order chi connectivity index (χ1) is 11.2. The van der Waals surface area contributed by atoms with Crippen LogP contribution in [0.1, 0.15) is 24.0 Å². The van der Waals surface area contributed by atoms with Gasteiger partial charge in [0.25, 0.3) is 0 Å². The van der Waals surface area contributed by atoms with Crippen LogP contribution in [0.25, 0.3) is 0 Å². The molecule has 2 aliphatic rings. The van der Waals surface area contributed by atoms with Gasteiger partial charge in [-0.3, -0.25) is 14.5 Å². The number of rotatable bonds is 3. The van der Waals surface area contributed by atoms with E-state index in [1.54, 1.807) is 0 Å². The van der Waals surface area contributed by atoms with Crippen LogP contribution in [-0.2, 0) is 22.6 Å². The lowest BCUT2D eigenvalue weighted by molar-refractivity contribution is -0.125. The van der Waals surface area contributed by atoms with Gasteiger partial charge in [0, 0.05) is 19.5 Å². The van der Waals surface area contributed by atoms with Crippen molar-refractivity contribution < 1.29 is 9.59 Å². The van der Waals surface area contributed by atoms with Gasteiger partial charge < -0.3 is 10.6 Å². The van der Waals surface area contributed by atoms with Crippen molar-refractivity contribution in [2.45, 2.75) is 31.8 Å². The molecule has 120 valence electrons. The Bertz CT molecular complexity index is 660. The van der Waals surface area contributed by atoms with E-state index in [4.69, 9.17) is 0 Å². The topological polar surface area (TPSA) is 61.4 Å². The summed E-state index contributed by atoms with van der Waals surface area (Å²) >= 11 is 0. The van der Waals surface area contributed by atoms with Crippen LogP contribution in [0, 0.1) is 11.8 Å². The molecule has 23 heavy (non-hydrogen) atoms. The predicted octanol–water partition coefficient (Wildman–Crippen LogP) is 0.443. The van der Waals surface area contributed by atoms with Gasteiger partial charge in [-0.2, -0.15) is 0 Å². The summed E-state index contributed by atoms with van der Waals surface area (Å²) in [6.07, 6.45) is 2.07. The Morgan fingerprint density at radius 2 is 2.09 bits per heavy atom. The van der Waals surface area contributed by atoms with Crippen LogP contribution in [0.15, 0.2) is 24.3 Å². The van der Waals surface area contributed by atoms with Crippen molar-refractivity contribution in [2.24, 2.45) is 0 Å². The van der Waals surface area contributed by atoms with Gasteiger partial charge in [0.1, 0.15) is 6.04 Å². The SMILES string of the molecule is O=C1CC[C@H](C(=O)NCC#CCN2CCc3ccccc3C2)N1. The first kappa shape index (κ1) is 15.6. The average molecular weight is 311 g/mol. The van der Waals surface area contributed by atoms with Gasteiger partial charge in [-0.1, -0.05) is 36.1 Å². The third-order valence-electron chi connectivity index (χ3n) is 4.30. The molecule has 0 bridgehead atoms. The van der Waals surface area contributed by atoms with E-state index in [9.17, 15) is 9.59 Å². The number of benzene rings is 1. The maximum atomic E-state index is 11.8. The lowest BCUT2D eigenvalue weighted by Gasteiger charge is -2.26. The minimum Gasteiger partial charge on any atom is -0.344 e. The lowest BCUT2D eigenvalue weighted by atomic mass is 10.0. The van der Waals surface area contributed by atoms with Gasteiger partial charge in [0.05, 0.1) is 13.1 Å². The minimum atomic E-state index is -0.386. The minimum absolute atomic E-state index is 0.0541. The molecule has 2 N–H and O–H groups in total. The zero-order valence-corrected chi connectivity index (χ0v) is 13.1. The van der Waals surface area contributed by atoms with Crippen molar-refractivity contribution in [3.8, 4) is 11.8 Å². The quantitative estimate of drug-likeness (QED) is 0.797. The van der Waals surface area contributed by atoms with E-state index in [0.29, 0.717) is 25.9 Å². The van der Waals surface area contributed by atoms with Crippen LogP contribution in [0.5, 0.6) is 0 Å².